The summed E-state index contributed by atoms with van der Waals surface area (Å²) in [4.78, 5) is 37.0. The van der Waals surface area contributed by atoms with Gasteiger partial charge in [0.05, 0.1) is 18.4 Å². The predicted molar refractivity (Wildman–Crippen MR) is 82.6 cm³/mol. The van der Waals surface area contributed by atoms with Crippen LogP contribution in [0.1, 0.15) is 16.8 Å². The molecule has 0 aliphatic carbocycles. The molecule has 2 N–H and O–H groups in total. The first kappa shape index (κ1) is 17.6. The number of para-hydroxylation sites is 1. The van der Waals surface area contributed by atoms with Crippen molar-refractivity contribution < 1.29 is 19.1 Å². The number of hydrogen-bond donors (Lipinski definition) is 2. The van der Waals surface area contributed by atoms with Crippen molar-refractivity contribution in [2.24, 2.45) is 0 Å². The van der Waals surface area contributed by atoms with Crippen molar-refractivity contribution in [1.29, 1.82) is 0 Å². The topological polar surface area (TPSA) is 87.7 Å². The minimum atomic E-state index is -0.550. The first-order chi connectivity index (χ1) is 10.4. The van der Waals surface area contributed by atoms with Gasteiger partial charge in [0.1, 0.15) is 6.42 Å². The smallest absolute Gasteiger partial charge is 0.339 e. The molecule has 0 aliphatic rings. The van der Waals surface area contributed by atoms with E-state index in [2.05, 4.69) is 15.4 Å². The standard InChI is InChI=1S/C15H21N3O4/c1-18(2)9-8-16-13(19)10-14(20)17-12-7-5-4-6-11(12)15(21)22-3/h4-7H,8-10H2,1-3H3,(H,16,19)(H,17,20). The molecule has 0 radical (unpaired) electrons. The van der Waals surface area contributed by atoms with Gasteiger partial charge in [0.25, 0.3) is 0 Å². The number of benzene rings is 1. The van der Waals surface area contributed by atoms with Crippen LogP contribution < -0.4 is 10.6 Å². The summed E-state index contributed by atoms with van der Waals surface area (Å²) in [6.07, 6.45) is -0.303. The summed E-state index contributed by atoms with van der Waals surface area (Å²) in [5, 5.41) is 5.19. The van der Waals surface area contributed by atoms with Crippen molar-refractivity contribution >= 4 is 23.5 Å². The highest BCUT2D eigenvalue weighted by molar-refractivity contribution is 6.06. The molecule has 0 aromatic heterocycles. The Hall–Kier alpha value is -2.41. The Morgan fingerprint density at radius 1 is 1.14 bits per heavy atom. The lowest BCUT2D eigenvalue weighted by atomic mass is 10.1. The van der Waals surface area contributed by atoms with E-state index in [1.54, 1.807) is 24.3 Å². The van der Waals surface area contributed by atoms with Crippen LogP contribution in [0, 0.1) is 0 Å². The van der Waals surface area contributed by atoms with Gasteiger partial charge in [0.15, 0.2) is 0 Å². The summed E-state index contributed by atoms with van der Waals surface area (Å²) in [6, 6.07) is 6.46. The zero-order chi connectivity index (χ0) is 16.5. The third-order valence-electron chi connectivity index (χ3n) is 2.81. The Balaban J connectivity index is 2.55. The third kappa shape index (κ3) is 5.92. The fourth-order valence-corrected chi connectivity index (χ4v) is 1.70. The van der Waals surface area contributed by atoms with Gasteiger partial charge in [-0.25, -0.2) is 4.79 Å². The van der Waals surface area contributed by atoms with E-state index in [9.17, 15) is 14.4 Å². The molecule has 0 saturated heterocycles. The highest BCUT2D eigenvalue weighted by Crippen LogP contribution is 2.16. The molecule has 120 valence electrons. The Labute approximate surface area is 129 Å². The normalized spacial score (nSPS) is 10.2. The van der Waals surface area contributed by atoms with Crippen molar-refractivity contribution in [2.75, 3.05) is 39.6 Å². The van der Waals surface area contributed by atoms with Crippen LogP contribution in [-0.4, -0.2) is 57.0 Å². The molecule has 0 spiro atoms. The number of nitrogens with one attached hydrogen (secondary N) is 2. The maximum atomic E-state index is 11.8. The van der Waals surface area contributed by atoms with Crippen molar-refractivity contribution in [3.8, 4) is 0 Å². The van der Waals surface area contributed by atoms with Crippen LogP contribution in [0.5, 0.6) is 0 Å². The van der Waals surface area contributed by atoms with Crippen LogP contribution in [-0.2, 0) is 14.3 Å². The average molecular weight is 307 g/mol. The van der Waals surface area contributed by atoms with E-state index in [4.69, 9.17) is 0 Å². The lowest BCUT2D eigenvalue weighted by Gasteiger charge is -2.11. The number of carbonyl (C=O) groups is 3. The number of likely N-dealkylation sites (N-methyl/N-ethyl adjacent to an activating group) is 1. The van der Waals surface area contributed by atoms with Gasteiger partial charge >= 0.3 is 5.97 Å². The first-order valence-corrected chi connectivity index (χ1v) is 6.82. The number of ether oxygens (including phenoxy) is 1. The van der Waals surface area contributed by atoms with Crippen molar-refractivity contribution in [2.45, 2.75) is 6.42 Å². The Morgan fingerprint density at radius 2 is 1.82 bits per heavy atom. The molecule has 0 bridgehead atoms. The van der Waals surface area contributed by atoms with Gasteiger partial charge < -0.3 is 20.3 Å². The van der Waals surface area contributed by atoms with E-state index >= 15 is 0 Å². The van der Waals surface area contributed by atoms with Crippen LogP contribution >= 0.6 is 0 Å². The summed E-state index contributed by atoms with van der Waals surface area (Å²) in [7, 11) is 5.05. The molecule has 0 fully saturated rings. The van der Waals surface area contributed by atoms with E-state index in [1.165, 1.54) is 7.11 Å². The number of hydrogen-bond acceptors (Lipinski definition) is 5. The van der Waals surface area contributed by atoms with Crippen LogP contribution in [0.2, 0.25) is 0 Å². The van der Waals surface area contributed by atoms with Crippen molar-refractivity contribution in [1.82, 2.24) is 10.2 Å². The fraction of sp³-hybridized carbons (Fsp3) is 0.400. The number of amides is 2. The molecular formula is C15H21N3O4. The molecule has 1 rings (SSSR count). The number of carbonyl (C=O) groups excluding carboxylic acids is 3. The molecular weight excluding hydrogens is 286 g/mol. The highest BCUT2D eigenvalue weighted by Gasteiger charge is 2.15. The molecule has 22 heavy (non-hydrogen) atoms. The van der Waals surface area contributed by atoms with Gasteiger partial charge in [0, 0.05) is 13.1 Å². The highest BCUT2D eigenvalue weighted by atomic mass is 16.5. The van der Waals surface area contributed by atoms with Crippen LogP contribution in [0.3, 0.4) is 0 Å². The summed E-state index contributed by atoms with van der Waals surface area (Å²) in [6.45, 7) is 1.16. The molecule has 1 aromatic rings. The summed E-state index contributed by atoms with van der Waals surface area (Å²) >= 11 is 0. The van der Waals surface area contributed by atoms with Crippen molar-refractivity contribution in [3.63, 3.8) is 0 Å². The Bertz CT molecular complexity index is 543. The zero-order valence-corrected chi connectivity index (χ0v) is 13.0. The van der Waals surface area contributed by atoms with E-state index < -0.39 is 11.9 Å². The monoisotopic (exact) mass is 307 g/mol. The first-order valence-electron chi connectivity index (χ1n) is 6.82. The van der Waals surface area contributed by atoms with Gasteiger partial charge in [-0.2, -0.15) is 0 Å². The van der Waals surface area contributed by atoms with E-state index in [0.717, 1.165) is 0 Å². The second kappa shape index (κ2) is 8.78. The minimum Gasteiger partial charge on any atom is -0.465 e. The van der Waals surface area contributed by atoms with Gasteiger partial charge in [-0.3, -0.25) is 9.59 Å². The minimum absolute atomic E-state index is 0.242. The molecule has 7 heteroatoms. The molecule has 0 heterocycles. The second-order valence-electron chi connectivity index (χ2n) is 4.92. The fourth-order valence-electron chi connectivity index (χ4n) is 1.70. The molecule has 0 unspecified atom stereocenters. The number of nitrogens with zero attached hydrogens (tertiary/aromatic N) is 1. The van der Waals surface area contributed by atoms with E-state index in [0.29, 0.717) is 18.8 Å². The molecule has 0 aliphatic heterocycles. The van der Waals surface area contributed by atoms with Crippen LogP contribution in [0.4, 0.5) is 5.69 Å². The number of anilines is 1. The maximum Gasteiger partial charge on any atom is 0.339 e. The number of esters is 1. The largest absolute Gasteiger partial charge is 0.465 e. The predicted octanol–water partition coefficient (Wildman–Crippen LogP) is 0.480. The quantitative estimate of drug-likeness (QED) is 0.565. The maximum absolute atomic E-state index is 11.8. The van der Waals surface area contributed by atoms with Gasteiger partial charge in [-0.05, 0) is 26.2 Å². The number of methoxy groups -OCH3 is 1. The van der Waals surface area contributed by atoms with Gasteiger partial charge in [-0.1, -0.05) is 12.1 Å². The summed E-state index contributed by atoms with van der Waals surface area (Å²) < 4.78 is 4.64. The van der Waals surface area contributed by atoms with Crippen LogP contribution in [0.25, 0.3) is 0 Å². The van der Waals surface area contributed by atoms with Gasteiger partial charge in [-0.15, -0.1) is 0 Å². The Morgan fingerprint density at radius 3 is 2.45 bits per heavy atom. The molecule has 7 nitrogen and oxygen atoms in total. The second-order valence-corrected chi connectivity index (χ2v) is 4.92. The average Bonchev–Trinajstić information content (AvgIpc) is 2.46. The number of rotatable bonds is 7. The lowest BCUT2D eigenvalue weighted by molar-refractivity contribution is -0.126. The van der Waals surface area contributed by atoms with Crippen molar-refractivity contribution in [3.05, 3.63) is 29.8 Å². The molecule has 2 amide bonds. The third-order valence-corrected chi connectivity index (χ3v) is 2.81. The molecule has 0 atom stereocenters. The summed E-state index contributed by atoms with van der Waals surface area (Å²) in [5.41, 5.74) is 0.562. The van der Waals surface area contributed by atoms with E-state index in [-0.39, 0.29) is 17.9 Å². The van der Waals surface area contributed by atoms with Gasteiger partial charge in [0.2, 0.25) is 11.8 Å². The SMILES string of the molecule is COC(=O)c1ccccc1NC(=O)CC(=O)NCCN(C)C. The van der Waals surface area contributed by atoms with E-state index in [1.807, 2.05) is 19.0 Å². The molecule has 1 aromatic carbocycles. The lowest BCUT2D eigenvalue weighted by Crippen LogP contribution is -2.33. The van der Waals surface area contributed by atoms with Crippen LogP contribution in [0.15, 0.2) is 24.3 Å². The summed E-state index contributed by atoms with van der Waals surface area (Å²) in [5.74, 6) is -1.40. The zero-order valence-electron chi connectivity index (χ0n) is 13.0. The molecule has 0 saturated carbocycles. The Kier molecular flexibility index (Phi) is 7.04.